The lowest BCUT2D eigenvalue weighted by Crippen LogP contribution is -2.41. The minimum absolute atomic E-state index is 0.0213. The molecule has 20 heavy (non-hydrogen) atoms. The summed E-state index contributed by atoms with van der Waals surface area (Å²) in [6.45, 7) is 1.84. The van der Waals surface area contributed by atoms with E-state index in [2.05, 4.69) is 22.6 Å². The molecule has 0 fully saturated rings. The van der Waals surface area contributed by atoms with E-state index >= 15 is 0 Å². The molecule has 0 saturated heterocycles. The molecule has 108 valence electrons. The van der Waals surface area contributed by atoms with Crippen LogP contribution < -0.4 is 11.1 Å². The monoisotopic (exact) mass is 275 g/mol. The van der Waals surface area contributed by atoms with Crippen LogP contribution in [0.1, 0.15) is 43.4 Å². The van der Waals surface area contributed by atoms with Gasteiger partial charge in [0.15, 0.2) is 5.84 Å². The number of carbonyl (C=O) groups is 1. The molecule has 0 heterocycles. The van der Waals surface area contributed by atoms with Crippen LogP contribution in [0.5, 0.6) is 0 Å². The Labute approximate surface area is 118 Å². The molecule has 1 aliphatic rings. The first-order chi connectivity index (χ1) is 9.67. The number of nitrogens with one attached hydrogen (secondary N) is 1. The van der Waals surface area contributed by atoms with E-state index in [-0.39, 0.29) is 17.8 Å². The number of aryl methyl sites for hydroxylation is 1. The first kappa shape index (κ1) is 14.4. The average Bonchev–Trinajstić information content (AvgIpc) is 2.48. The van der Waals surface area contributed by atoms with Crippen molar-refractivity contribution in [2.45, 2.75) is 38.6 Å². The molecule has 0 spiro atoms. The molecule has 5 nitrogen and oxygen atoms in total. The minimum Gasteiger partial charge on any atom is -0.409 e. The Morgan fingerprint density at radius 3 is 3.00 bits per heavy atom. The number of hydrogen-bond donors (Lipinski definition) is 3. The quantitative estimate of drug-likeness (QED) is 0.340. The number of nitrogens with two attached hydrogens (primary N) is 1. The summed E-state index contributed by atoms with van der Waals surface area (Å²) in [7, 11) is 0. The van der Waals surface area contributed by atoms with Crippen molar-refractivity contribution in [2.24, 2.45) is 16.8 Å². The van der Waals surface area contributed by atoms with E-state index in [0.717, 1.165) is 19.3 Å². The Hall–Kier alpha value is -2.04. The van der Waals surface area contributed by atoms with Gasteiger partial charge in [0.25, 0.3) is 0 Å². The second-order valence-corrected chi connectivity index (χ2v) is 5.14. The Kier molecular flexibility index (Phi) is 4.61. The molecule has 1 aromatic carbocycles. The molecule has 0 radical (unpaired) electrons. The Balaban J connectivity index is 2.13. The number of rotatable bonds is 4. The molecule has 0 saturated carbocycles. The number of amides is 1. The number of nitrogens with zero attached hydrogens (tertiary/aromatic N) is 1. The maximum absolute atomic E-state index is 12.3. The van der Waals surface area contributed by atoms with Gasteiger partial charge in [0.2, 0.25) is 5.91 Å². The molecule has 1 aliphatic carbocycles. The fourth-order valence-corrected chi connectivity index (χ4v) is 2.77. The number of carbonyl (C=O) groups excluding carboxylic acids is 1. The lowest BCUT2D eigenvalue weighted by Gasteiger charge is -2.27. The number of fused-ring (bicyclic) bond motifs is 1. The molecular formula is C15H21N3O2. The van der Waals surface area contributed by atoms with Crippen molar-refractivity contribution >= 4 is 11.7 Å². The van der Waals surface area contributed by atoms with E-state index in [1.165, 1.54) is 11.1 Å². The highest BCUT2D eigenvalue weighted by atomic mass is 16.4. The van der Waals surface area contributed by atoms with E-state index in [0.29, 0.717) is 6.42 Å². The summed E-state index contributed by atoms with van der Waals surface area (Å²) < 4.78 is 0. The van der Waals surface area contributed by atoms with Crippen molar-refractivity contribution in [3.8, 4) is 0 Å². The van der Waals surface area contributed by atoms with Crippen LogP contribution in [0.25, 0.3) is 0 Å². The van der Waals surface area contributed by atoms with Crippen LogP contribution in [0.15, 0.2) is 29.4 Å². The molecule has 2 unspecified atom stereocenters. The second-order valence-electron chi connectivity index (χ2n) is 5.14. The van der Waals surface area contributed by atoms with Crippen molar-refractivity contribution in [2.75, 3.05) is 0 Å². The van der Waals surface area contributed by atoms with Gasteiger partial charge in [-0.3, -0.25) is 4.79 Å². The third-order valence-corrected chi connectivity index (χ3v) is 3.88. The smallest absolute Gasteiger partial charge is 0.231 e. The SMILES string of the molecule is CCC(C(=O)NC1CCCc2ccccc21)C(N)=NO. The standard InChI is InChI=1S/C15H21N3O2/c1-2-11(14(16)18-20)15(19)17-13-9-5-7-10-6-3-4-8-12(10)13/h3-4,6,8,11,13,20H,2,5,7,9H2,1H3,(H2,16,18)(H,17,19). The third-order valence-electron chi connectivity index (χ3n) is 3.88. The summed E-state index contributed by atoms with van der Waals surface area (Å²) >= 11 is 0. The summed E-state index contributed by atoms with van der Waals surface area (Å²) in [5.41, 5.74) is 8.04. The van der Waals surface area contributed by atoms with Crippen LogP contribution in [0.4, 0.5) is 0 Å². The highest BCUT2D eigenvalue weighted by Gasteiger charge is 2.26. The Morgan fingerprint density at radius 1 is 1.55 bits per heavy atom. The van der Waals surface area contributed by atoms with E-state index in [1.807, 2.05) is 19.1 Å². The van der Waals surface area contributed by atoms with Gasteiger partial charge in [-0.2, -0.15) is 0 Å². The van der Waals surface area contributed by atoms with Gasteiger partial charge >= 0.3 is 0 Å². The number of hydrogen-bond acceptors (Lipinski definition) is 3. The zero-order chi connectivity index (χ0) is 14.5. The van der Waals surface area contributed by atoms with E-state index in [1.54, 1.807) is 0 Å². The van der Waals surface area contributed by atoms with E-state index < -0.39 is 5.92 Å². The highest BCUT2D eigenvalue weighted by Crippen LogP contribution is 2.29. The Morgan fingerprint density at radius 2 is 2.30 bits per heavy atom. The first-order valence-corrected chi connectivity index (χ1v) is 7.03. The maximum Gasteiger partial charge on any atom is 0.231 e. The second kappa shape index (κ2) is 6.41. The van der Waals surface area contributed by atoms with Gasteiger partial charge in [0.05, 0.1) is 12.0 Å². The van der Waals surface area contributed by atoms with Crippen molar-refractivity contribution in [1.29, 1.82) is 0 Å². The molecule has 1 amide bonds. The summed E-state index contributed by atoms with van der Waals surface area (Å²) in [5.74, 6) is -0.785. The lowest BCUT2D eigenvalue weighted by molar-refractivity contribution is -0.124. The van der Waals surface area contributed by atoms with E-state index in [4.69, 9.17) is 10.9 Å². The molecule has 0 aliphatic heterocycles. The van der Waals surface area contributed by atoms with Crippen LogP contribution in [0.3, 0.4) is 0 Å². The average molecular weight is 275 g/mol. The van der Waals surface area contributed by atoms with Gasteiger partial charge in [-0.05, 0) is 36.8 Å². The fraction of sp³-hybridized carbons (Fsp3) is 0.467. The van der Waals surface area contributed by atoms with Gasteiger partial charge < -0.3 is 16.3 Å². The molecule has 0 bridgehead atoms. The van der Waals surface area contributed by atoms with Crippen LogP contribution in [0, 0.1) is 5.92 Å². The molecule has 2 atom stereocenters. The predicted molar refractivity (Wildman–Crippen MR) is 77.5 cm³/mol. The molecular weight excluding hydrogens is 254 g/mol. The number of amidine groups is 1. The first-order valence-electron chi connectivity index (χ1n) is 7.03. The van der Waals surface area contributed by atoms with Crippen LogP contribution in [-0.2, 0) is 11.2 Å². The van der Waals surface area contributed by atoms with Gasteiger partial charge in [-0.1, -0.05) is 36.3 Å². The van der Waals surface area contributed by atoms with Gasteiger partial charge in [-0.15, -0.1) is 0 Å². The zero-order valence-corrected chi connectivity index (χ0v) is 11.7. The number of oxime groups is 1. The van der Waals surface area contributed by atoms with E-state index in [9.17, 15) is 4.79 Å². The minimum atomic E-state index is -0.575. The highest BCUT2D eigenvalue weighted by molar-refractivity contribution is 6.02. The van der Waals surface area contributed by atoms with Crippen LogP contribution >= 0.6 is 0 Å². The maximum atomic E-state index is 12.3. The summed E-state index contributed by atoms with van der Waals surface area (Å²) in [6.07, 6.45) is 3.55. The zero-order valence-electron chi connectivity index (χ0n) is 11.7. The van der Waals surface area contributed by atoms with Crippen LogP contribution in [0.2, 0.25) is 0 Å². The van der Waals surface area contributed by atoms with Gasteiger partial charge in [0.1, 0.15) is 0 Å². The fourth-order valence-electron chi connectivity index (χ4n) is 2.77. The van der Waals surface area contributed by atoms with Crippen molar-refractivity contribution < 1.29 is 10.0 Å². The molecule has 4 N–H and O–H groups in total. The summed E-state index contributed by atoms with van der Waals surface area (Å²) in [6, 6.07) is 8.20. The van der Waals surface area contributed by atoms with Crippen molar-refractivity contribution in [3.63, 3.8) is 0 Å². The van der Waals surface area contributed by atoms with Crippen molar-refractivity contribution in [3.05, 3.63) is 35.4 Å². The molecule has 5 heteroatoms. The topological polar surface area (TPSA) is 87.7 Å². The van der Waals surface area contributed by atoms with Crippen molar-refractivity contribution in [1.82, 2.24) is 5.32 Å². The lowest BCUT2D eigenvalue weighted by atomic mass is 9.87. The van der Waals surface area contributed by atoms with Gasteiger partial charge in [0, 0.05) is 0 Å². The molecule has 2 rings (SSSR count). The largest absolute Gasteiger partial charge is 0.409 e. The molecule has 1 aromatic rings. The molecule has 0 aromatic heterocycles. The van der Waals surface area contributed by atoms with Crippen LogP contribution in [-0.4, -0.2) is 17.0 Å². The Bertz CT molecular complexity index is 514. The number of benzene rings is 1. The third kappa shape index (κ3) is 2.92. The normalized spacial score (nSPS) is 20.1. The van der Waals surface area contributed by atoms with Gasteiger partial charge in [-0.25, -0.2) is 0 Å². The summed E-state index contributed by atoms with van der Waals surface area (Å²) in [4.78, 5) is 12.3. The predicted octanol–water partition coefficient (Wildman–Crippen LogP) is 1.95. The summed E-state index contributed by atoms with van der Waals surface area (Å²) in [5, 5.41) is 14.7.